The van der Waals surface area contributed by atoms with Crippen molar-refractivity contribution in [2.75, 3.05) is 5.32 Å². The van der Waals surface area contributed by atoms with Crippen LogP contribution in [-0.2, 0) is 0 Å². The summed E-state index contributed by atoms with van der Waals surface area (Å²) in [6.07, 6.45) is 5.65. The van der Waals surface area contributed by atoms with E-state index in [2.05, 4.69) is 133 Å². The standard InChI is InChI=1S/C41H33NS/c1-2-11-29-28(10-1)30(22-23-31(29)37-25-26-20-21-27(37)24-26)32-12-3-6-17-38(32)42-39-18-7-4-13-33(39)35-15-9-16-36-34-14-5-8-19-40(34)43-41(35)36/h1-19,22-23,26-27,37,42H,20-21,24-25H2. The minimum atomic E-state index is 0.717. The third-order valence-corrected chi connectivity index (χ3v) is 11.4. The zero-order chi connectivity index (χ0) is 28.3. The molecule has 1 nitrogen and oxygen atoms in total. The van der Waals surface area contributed by atoms with Crippen LogP contribution in [0.1, 0.15) is 37.2 Å². The van der Waals surface area contributed by atoms with E-state index in [1.54, 1.807) is 5.56 Å². The van der Waals surface area contributed by atoms with E-state index in [-0.39, 0.29) is 0 Å². The van der Waals surface area contributed by atoms with Crippen LogP contribution < -0.4 is 5.32 Å². The predicted octanol–water partition coefficient (Wildman–Crippen LogP) is 12.2. The molecular formula is C41H33NS. The molecular weight excluding hydrogens is 539 g/mol. The maximum atomic E-state index is 3.90. The van der Waals surface area contributed by atoms with Gasteiger partial charge in [0.1, 0.15) is 0 Å². The average molecular weight is 572 g/mol. The molecule has 6 aromatic carbocycles. The summed E-state index contributed by atoms with van der Waals surface area (Å²) in [5, 5.41) is 9.36. The van der Waals surface area contributed by atoms with Crippen molar-refractivity contribution in [3.05, 3.63) is 133 Å². The fraction of sp³-hybridized carbons (Fsp3) is 0.171. The van der Waals surface area contributed by atoms with E-state index in [4.69, 9.17) is 0 Å². The van der Waals surface area contributed by atoms with Crippen LogP contribution in [0.4, 0.5) is 11.4 Å². The number of hydrogen-bond donors (Lipinski definition) is 1. The molecule has 208 valence electrons. The molecule has 2 heteroatoms. The first-order valence-electron chi connectivity index (χ1n) is 15.7. The van der Waals surface area contributed by atoms with Gasteiger partial charge >= 0.3 is 0 Å². The van der Waals surface area contributed by atoms with Crippen molar-refractivity contribution in [3.8, 4) is 22.3 Å². The number of nitrogens with one attached hydrogen (secondary N) is 1. The quantitative estimate of drug-likeness (QED) is 0.217. The van der Waals surface area contributed by atoms with Gasteiger partial charge in [-0.1, -0.05) is 116 Å². The summed E-state index contributed by atoms with van der Waals surface area (Å²) in [6.45, 7) is 0. The summed E-state index contributed by atoms with van der Waals surface area (Å²) >= 11 is 1.89. The molecule has 3 unspecified atom stereocenters. The summed E-state index contributed by atoms with van der Waals surface area (Å²) < 4.78 is 2.68. The van der Waals surface area contributed by atoms with E-state index in [1.807, 2.05) is 11.3 Å². The van der Waals surface area contributed by atoms with E-state index in [1.165, 1.54) is 78.9 Å². The molecule has 2 fully saturated rings. The highest BCUT2D eigenvalue weighted by Gasteiger charge is 2.40. The molecule has 2 saturated carbocycles. The van der Waals surface area contributed by atoms with Crippen molar-refractivity contribution < 1.29 is 0 Å². The molecule has 2 aliphatic carbocycles. The van der Waals surface area contributed by atoms with E-state index < -0.39 is 0 Å². The van der Waals surface area contributed by atoms with Crippen molar-refractivity contribution >= 4 is 53.7 Å². The first kappa shape index (κ1) is 25.1. The summed E-state index contributed by atoms with van der Waals surface area (Å²) in [5.41, 5.74) is 8.88. The Labute approximate surface area is 256 Å². The van der Waals surface area contributed by atoms with Crippen LogP contribution >= 0.6 is 11.3 Å². The highest BCUT2D eigenvalue weighted by Crippen LogP contribution is 2.54. The number of para-hydroxylation sites is 2. The lowest BCUT2D eigenvalue weighted by Gasteiger charge is -2.25. The van der Waals surface area contributed by atoms with Gasteiger partial charge in [-0.15, -0.1) is 11.3 Å². The van der Waals surface area contributed by atoms with Crippen LogP contribution in [0.2, 0.25) is 0 Å². The van der Waals surface area contributed by atoms with Gasteiger partial charge in [-0.05, 0) is 77.1 Å². The molecule has 43 heavy (non-hydrogen) atoms. The van der Waals surface area contributed by atoms with Crippen LogP contribution in [0, 0.1) is 11.8 Å². The van der Waals surface area contributed by atoms with E-state index >= 15 is 0 Å². The van der Waals surface area contributed by atoms with Crippen molar-refractivity contribution in [3.63, 3.8) is 0 Å². The number of thiophene rings is 1. The second-order valence-electron chi connectivity index (χ2n) is 12.5. The van der Waals surface area contributed by atoms with Gasteiger partial charge < -0.3 is 5.32 Å². The van der Waals surface area contributed by atoms with Gasteiger partial charge in [0.15, 0.2) is 0 Å². The first-order chi connectivity index (χ1) is 21.3. The van der Waals surface area contributed by atoms with E-state index in [0.29, 0.717) is 0 Å². The van der Waals surface area contributed by atoms with Gasteiger partial charge in [-0.25, -0.2) is 0 Å². The molecule has 3 atom stereocenters. The maximum Gasteiger partial charge on any atom is 0.0464 e. The predicted molar refractivity (Wildman–Crippen MR) is 186 cm³/mol. The minimum Gasteiger partial charge on any atom is -0.355 e. The molecule has 2 aliphatic rings. The lowest BCUT2D eigenvalue weighted by molar-refractivity contribution is 0.422. The van der Waals surface area contributed by atoms with Crippen LogP contribution in [0.3, 0.4) is 0 Å². The Kier molecular flexibility index (Phi) is 5.91. The fourth-order valence-corrected chi connectivity index (χ4v) is 9.49. The highest BCUT2D eigenvalue weighted by atomic mass is 32.1. The average Bonchev–Trinajstić information content (AvgIpc) is 3.80. The Bertz CT molecular complexity index is 2150. The normalized spacial score (nSPS) is 19.5. The third kappa shape index (κ3) is 4.12. The summed E-state index contributed by atoms with van der Waals surface area (Å²) in [4.78, 5) is 0. The molecule has 0 amide bonds. The zero-order valence-electron chi connectivity index (χ0n) is 24.1. The molecule has 0 aliphatic heterocycles. The molecule has 9 rings (SSSR count). The van der Waals surface area contributed by atoms with Gasteiger partial charge in [-0.2, -0.15) is 0 Å². The summed E-state index contributed by atoms with van der Waals surface area (Å²) in [6, 6.07) is 47.0. The van der Waals surface area contributed by atoms with Gasteiger partial charge in [0, 0.05) is 48.2 Å². The summed E-state index contributed by atoms with van der Waals surface area (Å²) in [7, 11) is 0. The van der Waals surface area contributed by atoms with Gasteiger partial charge in [0.2, 0.25) is 0 Å². The smallest absolute Gasteiger partial charge is 0.0464 e. The molecule has 0 radical (unpaired) electrons. The lowest BCUT2D eigenvalue weighted by Crippen LogP contribution is -2.09. The molecule has 0 spiro atoms. The molecule has 1 N–H and O–H groups in total. The number of fused-ring (bicyclic) bond motifs is 6. The third-order valence-electron chi connectivity index (χ3n) is 10.2. The lowest BCUT2D eigenvalue weighted by atomic mass is 9.80. The summed E-state index contributed by atoms with van der Waals surface area (Å²) in [5.74, 6) is 2.53. The van der Waals surface area contributed by atoms with Crippen LogP contribution in [0.15, 0.2) is 127 Å². The first-order valence-corrected chi connectivity index (χ1v) is 16.5. The monoisotopic (exact) mass is 571 g/mol. The molecule has 1 heterocycles. The van der Waals surface area contributed by atoms with Crippen molar-refractivity contribution in [1.29, 1.82) is 0 Å². The van der Waals surface area contributed by atoms with E-state index in [0.717, 1.165) is 29.1 Å². The topological polar surface area (TPSA) is 12.0 Å². The number of hydrogen-bond acceptors (Lipinski definition) is 2. The minimum absolute atomic E-state index is 0.717. The zero-order valence-corrected chi connectivity index (χ0v) is 24.9. The van der Waals surface area contributed by atoms with Gasteiger partial charge in [0.05, 0.1) is 0 Å². The molecule has 2 bridgehead atoms. The highest BCUT2D eigenvalue weighted by molar-refractivity contribution is 7.26. The Hall–Kier alpha value is -4.40. The van der Waals surface area contributed by atoms with Crippen molar-refractivity contribution in [2.24, 2.45) is 11.8 Å². The SMILES string of the molecule is c1ccc(-c2ccc(C3CC4CCC3C4)c3ccccc23)c(Nc2ccccc2-c2cccc3c2sc2ccccc23)c1. The molecule has 1 aromatic heterocycles. The van der Waals surface area contributed by atoms with Crippen LogP contribution in [0.5, 0.6) is 0 Å². The number of rotatable bonds is 5. The Morgan fingerprint density at radius 1 is 0.488 bits per heavy atom. The van der Waals surface area contributed by atoms with Gasteiger partial charge in [0.25, 0.3) is 0 Å². The molecule has 0 saturated heterocycles. The molecule has 7 aromatic rings. The second kappa shape index (κ2) is 10.1. The Morgan fingerprint density at radius 2 is 1.14 bits per heavy atom. The second-order valence-corrected chi connectivity index (χ2v) is 13.6. The Balaban J connectivity index is 1.15. The Morgan fingerprint density at radius 3 is 1.91 bits per heavy atom. The van der Waals surface area contributed by atoms with Crippen molar-refractivity contribution in [2.45, 2.75) is 31.6 Å². The van der Waals surface area contributed by atoms with E-state index in [9.17, 15) is 0 Å². The van der Waals surface area contributed by atoms with Crippen LogP contribution in [-0.4, -0.2) is 0 Å². The maximum absolute atomic E-state index is 3.90. The van der Waals surface area contributed by atoms with Crippen LogP contribution in [0.25, 0.3) is 53.2 Å². The largest absolute Gasteiger partial charge is 0.355 e. The van der Waals surface area contributed by atoms with Crippen molar-refractivity contribution in [1.82, 2.24) is 0 Å². The fourth-order valence-electron chi connectivity index (χ4n) is 8.26. The number of benzene rings is 6. The van der Waals surface area contributed by atoms with Gasteiger partial charge in [-0.3, -0.25) is 0 Å². The number of anilines is 2.